The van der Waals surface area contributed by atoms with Gasteiger partial charge in [-0.2, -0.15) is 0 Å². The number of benzene rings is 1. The van der Waals surface area contributed by atoms with Gasteiger partial charge in [-0.1, -0.05) is 37.6 Å². The van der Waals surface area contributed by atoms with Crippen molar-refractivity contribution in [2.75, 3.05) is 19.6 Å². The van der Waals surface area contributed by atoms with Crippen LogP contribution in [0, 0.1) is 5.41 Å². The van der Waals surface area contributed by atoms with E-state index in [1.165, 1.54) is 18.4 Å². The minimum absolute atomic E-state index is 0.397. The maximum atomic E-state index is 5.92. The molecule has 0 radical (unpaired) electrons. The van der Waals surface area contributed by atoms with Crippen LogP contribution in [0.15, 0.2) is 24.3 Å². The summed E-state index contributed by atoms with van der Waals surface area (Å²) >= 11 is 5.92. The van der Waals surface area contributed by atoms with Crippen molar-refractivity contribution in [3.8, 4) is 0 Å². The van der Waals surface area contributed by atoms with Crippen molar-refractivity contribution in [1.82, 2.24) is 5.32 Å². The topological polar surface area (TPSA) is 38.0 Å². The van der Waals surface area contributed by atoms with E-state index in [0.29, 0.717) is 5.41 Å². The predicted octanol–water partition coefficient (Wildman–Crippen LogP) is 3.63. The fourth-order valence-corrected chi connectivity index (χ4v) is 2.94. The number of nitrogens with two attached hydrogens (primary N) is 1. The quantitative estimate of drug-likeness (QED) is 0.885. The molecule has 0 aliphatic carbocycles. The summed E-state index contributed by atoms with van der Waals surface area (Å²) in [4.78, 5) is 0. The minimum Gasteiger partial charge on any atom is -0.330 e. The highest BCUT2D eigenvalue weighted by molar-refractivity contribution is 6.30. The van der Waals surface area contributed by atoms with Crippen molar-refractivity contribution in [1.29, 1.82) is 0 Å². The molecule has 0 bridgehead atoms. The molecule has 0 spiro atoms. The molecule has 2 rings (SSSR count). The van der Waals surface area contributed by atoms with Gasteiger partial charge in [-0.25, -0.2) is 0 Å². The van der Waals surface area contributed by atoms with Crippen molar-refractivity contribution in [3.05, 3.63) is 34.9 Å². The highest BCUT2D eigenvalue weighted by atomic mass is 35.5. The summed E-state index contributed by atoms with van der Waals surface area (Å²) in [6.07, 6.45) is 4.71. The molecule has 19 heavy (non-hydrogen) atoms. The Morgan fingerprint density at radius 2 is 1.74 bits per heavy atom. The van der Waals surface area contributed by atoms with Crippen molar-refractivity contribution in [2.24, 2.45) is 11.1 Å². The van der Waals surface area contributed by atoms with Crippen LogP contribution in [0.3, 0.4) is 0 Å². The standard InChI is InChI=1S/C14H21ClN2.C2H6/c15-13-3-1-12(2-4-13)11-14(5-8-16)6-9-17-10-7-14;1-2/h1-4,17H,5-11,16H2;1-2H3. The van der Waals surface area contributed by atoms with Gasteiger partial charge in [0.05, 0.1) is 0 Å². The van der Waals surface area contributed by atoms with Gasteiger partial charge in [0.25, 0.3) is 0 Å². The second kappa shape index (κ2) is 8.57. The zero-order valence-electron chi connectivity index (χ0n) is 12.2. The van der Waals surface area contributed by atoms with Crippen molar-refractivity contribution < 1.29 is 0 Å². The fourth-order valence-electron chi connectivity index (χ4n) is 2.81. The molecule has 1 heterocycles. The predicted molar refractivity (Wildman–Crippen MR) is 84.7 cm³/mol. The van der Waals surface area contributed by atoms with Crippen LogP contribution < -0.4 is 11.1 Å². The molecule has 0 atom stereocenters. The van der Waals surface area contributed by atoms with E-state index in [1.807, 2.05) is 26.0 Å². The molecule has 0 unspecified atom stereocenters. The van der Waals surface area contributed by atoms with Gasteiger partial charge >= 0.3 is 0 Å². The Hall–Kier alpha value is -0.570. The number of halogens is 1. The van der Waals surface area contributed by atoms with Gasteiger partial charge in [0, 0.05) is 5.02 Å². The van der Waals surface area contributed by atoms with Crippen LogP contribution >= 0.6 is 11.6 Å². The molecule has 1 aliphatic heterocycles. The van der Waals surface area contributed by atoms with Gasteiger partial charge in [-0.05, 0) is 68.4 Å². The van der Waals surface area contributed by atoms with Crippen LogP contribution in [-0.4, -0.2) is 19.6 Å². The third-order valence-corrected chi connectivity index (χ3v) is 4.08. The van der Waals surface area contributed by atoms with Crippen molar-refractivity contribution in [2.45, 2.75) is 39.5 Å². The maximum absolute atomic E-state index is 5.92. The van der Waals surface area contributed by atoms with Crippen LogP contribution in [0.2, 0.25) is 5.02 Å². The number of hydrogen-bond acceptors (Lipinski definition) is 2. The summed E-state index contributed by atoms with van der Waals surface area (Å²) < 4.78 is 0. The Labute approximate surface area is 122 Å². The summed E-state index contributed by atoms with van der Waals surface area (Å²) in [6, 6.07) is 8.24. The van der Waals surface area contributed by atoms with Crippen LogP contribution in [0.5, 0.6) is 0 Å². The number of piperidine rings is 1. The van der Waals surface area contributed by atoms with Crippen LogP contribution in [0.25, 0.3) is 0 Å². The lowest BCUT2D eigenvalue weighted by molar-refractivity contribution is 0.187. The Morgan fingerprint density at radius 3 is 2.26 bits per heavy atom. The molecule has 1 saturated heterocycles. The van der Waals surface area contributed by atoms with E-state index in [-0.39, 0.29) is 0 Å². The second-order valence-electron chi connectivity index (χ2n) is 5.09. The SMILES string of the molecule is CC.NCCC1(Cc2ccc(Cl)cc2)CCNCC1. The van der Waals surface area contributed by atoms with E-state index in [4.69, 9.17) is 17.3 Å². The highest BCUT2D eigenvalue weighted by Gasteiger charge is 2.31. The molecule has 3 heteroatoms. The van der Waals surface area contributed by atoms with Gasteiger partial charge in [0.1, 0.15) is 0 Å². The van der Waals surface area contributed by atoms with Crippen molar-refractivity contribution >= 4 is 11.6 Å². The van der Waals surface area contributed by atoms with Crippen LogP contribution in [0.4, 0.5) is 0 Å². The Balaban J connectivity index is 0.000000861. The molecule has 1 fully saturated rings. The maximum Gasteiger partial charge on any atom is 0.0406 e. The van der Waals surface area contributed by atoms with E-state index in [9.17, 15) is 0 Å². The molecular formula is C16H27ClN2. The first-order valence-electron chi connectivity index (χ1n) is 7.39. The van der Waals surface area contributed by atoms with E-state index in [1.54, 1.807) is 0 Å². The third kappa shape index (κ3) is 5.13. The highest BCUT2D eigenvalue weighted by Crippen LogP contribution is 2.36. The van der Waals surface area contributed by atoms with E-state index < -0.39 is 0 Å². The lowest BCUT2D eigenvalue weighted by Gasteiger charge is -2.38. The summed E-state index contributed by atoms with van der Waals surface area (Å²) in [6.45, 7) is 7.02. The summed E-state index contributed by atoms with van der Waals surface area (Å²) in [5.74, 6) is 0. The smallest absolute Gasteiger partial charge is 0.0406 e. The average molecular weight is 283 g/mol. The average Bonchev–Trinajstić information content (AvgIpc) is 2.45. The van der Waals surface area contributed by atoms with Gasteiger partial charge in [-0.3, -0.25) is 0 Å². The molecule has 0 saturated carbocycles. The second-order valence-corrected chi connectivity index (χ2v) is 5.53. The zero-order valence-corrected chi connectivity index (χ0v) is 13.0. The number of nitrogens with one attached hydrogen (secondary N) is 1. The monoisotopic (exact) mass is 282 g/mol. The third-order valence-electron chi connectivity index (χ3n) is 3.83. The largest absolute Gasteiger partial charge is 0.330 e. The Kier molecular flexibility index (Phi) is 7.44. The molecule has 3 N–H and O–H groups in total. The molecular weight excluding hydrogens is 256 g/mol. The van der Waals surface area contributed by atoms with Gasteiger partial charge in [-0.15, -0.1) is 0 Å². The van der Waals surface area contributed by atoms with Gasteiger partial charge in [0.2, 0.25) is 0 Å². The molecule has 1 aliphatic rings. The van der Waals surface area contributed by atoms with Crippen LogP contribution in [0.1, 0.15) is 38.7 Å². The molecule has 108 valence electrons. The molecule has 1 aromatic rings. The first-order valence-corrected chi connectivity index (χ1v) is 7.77. The summed E-state index contributed by atoms with van der Waals surface area (Å²) in [5.41, 5.74) is 7.56. The normalized spacial score (nSPS) is 17.5. The Bertz CT molecular complexity index is 337. The summed E-state index contributed by atoms with van der Waals surface area (Å²) in [7, 11) is 0. The first-order chi connectivity index (χ1) is 9.24. The van der Waals surface area contributed by atoms with E-state index >= 15 is 0 Å². The zero-order chi connectivity index (χ0) is 14.1. The lowest BCUT2D eigenvalue weighted by atomic mass is 9.72. The van der Waals surface area contributed by atoms with Crippen LogP contribution in [-0.2, 0) is 6.42 Å². The van der Waals surface area contributed by atoms with E-state index in [2.05, 4.69) is 17.4 Å². The van der Waals surface area contributed by atoms with Gasteiger partial charge in [0.15, 0.2) is 0 Å². The molecule has 0 amide bonds. The minimum atomic E-state index is 0.397. The molecule has 2 nitrogen and oxygen atoms in total. The number of hydrogen-bond donors (Lipinski definition) is 2. The van der Waals surface area contributed by atoms with Gasteiger partial charge < -0.3 is 11.1 Å². The lowest BCUT2D eigenvalue weighted by Crippen LogP contribution is -2.39. The number of rotatable bonds is 4. The Morgan fingerprint density at radius 1 is 1.16 bits per heavy atom. The van der Waals surface area contributed by atoms with E-state index in [0.717, 1.165) is 37.5 Å². The molecule has 1 aromatic carbocycles. The summed E-state index contributed by atoms with van der Waals surface area (Å²) in [5, 5.41) is 4.24. The van der Waals surface area contributed by atoms with Crippen molar-refractivity contribution in [3.63, 3.8) is 0 Å². The molecule has 0 aromatic heterocycles. The fraction of sp³-hybridized carbons (Fsp3) is 0.625. The first kappa shape index (κ1) is 16.5.